The zero-order valence-corrected chi connectivity index (χ0v) is 13.3. The van der Waals surface area contributed by atoms with Crippen molar-refractivity contribution in [3.63, 3.8) is 0 Å². The third kappa shape index (κ3) is 1.23. The molecule has 7 heteroatoms. The molecule has 4 heterocycles. The third-order valence-electron chi connectivity index (χ3n) is 6.18. The Bertz CT molecular complexity index is 598. The maximum Gasteiger partial charge on any atom is 0.318 e. The van der Waals surface area contributed by atoms with Crippen LogP contribution < -0.4 is 0 Å². The molecule has 4 aliphatic heterocycles. The number of rotatable bonds is 2. The first kappa shape index (κ1) is 14.7. The van der Waals surface area contributed by atoms with E-state index in [1.54, 1.807) is 4.90 Å². The van der Waals surface area contributed by atoms with Gasteiger partial charge in [-0.1, -0.05) is 12.2 Å². The topological polar surface area (TPSA) is 82.1 Å². The van der Waals surface area contributed by atoms with Crippen molar-refractivity contribution in [1.29, 1.82) is 0 Å². The number of nitrogens with zero attached hydrogens (tertiary/aromatic N) is 1. The van der Waals surface area contributed by atoms with Crippen LogP contribution in [0.1, 0.15) is 19.8 Å². The Balaban J connectivity index is 2.01. The monoisotopic (exact) mass is 321 g/mol. The van der Waals surface area contributed by atoms with Crippen LogP contribution in [-0.2, 0) is 28.6 Å². The molecule has 4 aliphatic rings. The van der Waals surface area contributed by atoms with E-state index in [2.05, 4.69) is 0 Å². The van der Waals surface area contributed by atoms with E-state index in [0.717, 1.165) is 0 Å². The zero-order chi connectivity index (χ0) is 16.6. The number of carbonyl (C=O) groups excluding carboxylic acids is 3. The quantitative estimate of drug-likeness (QED) is 0.527. The molecule has 0 aromatic rings. The molecule has 124 valence electrons. The van der Waals surface area contributed by atoms with Crippen molar-refractivity contribution in [2.75, 3.05) is 14.2 Å². The average Bonchev–Trinajstić information content (AvgIpc) is 3.28. The van der Waals surface area contributed by atoms with Gasteiger partial charge in [0.05, 0.1) is 38.5 Å². The summed E-state index contributed by atoms with van der Waals surface area (Å²) < 4.78 is 16.1. The molecule has 23 heavy (non-hydrogen) atoms. The van der Waals surface area contributed by atoms with Crippen LogP contribution in [0.2, 0.25) is 0 Å². The molecule has 3 fully saturated rings. The number of fused-ring (bicyclic) bond motifs is 9. The fraction of sp³-hybridized carbons (Fsp3) is 0.688. The van der Waals surface area contributed by atoms with Crippen LogP contribution in [0.15, 0.2) is 12.2 Å². The van der Waals surface area contributed by atoms with E-state index in [1.165, 1.54) is 21.1 Å². The van der Waals surface area contributed by atoms with Crippen LogP contribution in [0.3, 0.4) is 0 Å². The molecule has 6 unspecified atom stereocenters. The highest BCUT2D eigenvalue weighted by atomic mass is 16.6. The molecule has 0 aromatic carbocycles. The lowest BCUT2D eigenvalue weighted by molar-refractivity contribution is -0.177. The van der Waals surface area contributed by atoms with Gasteiger partial charge in [-0.05, 0) is 12.8 Å². The number of methoxy groups -OCH3 is 2. The number of esters is 2. The van der Waals surface area contributed by atoms with E-state index >= 15 is 0 Å². The number of hydrogen-bond acceptors (Lipinski definition) is 6. The van der Waals surface area contributed by atoms with Gasteiger partial charge in [0.15, 0.2) is 0 Å². The van der Waals surface area contributed by atoms with Crippen LogP contribution in [0.25, 0.3) is 0 Å². The minimum atomic E-state index is -1.22. The predicted octanol–water partition coefficient (Wildman–Crippen LogP) is 0.0355. The summed E-state index contributed by atoms with van der Waals surface area (Å²) in [5.41, 5.74) is -2.44. The highest BCUT2D eigenvalue weighted by molar-refractivity contribution is 5.96. The van der Waals surface area contributed by atoms with Crippen molar-refractivity contribution in [2.45, 2.75) is 44.1 Å². The minimum absolute atomic E-state index is 0.141. The molecule has 0 spiro atoms. The summed E-state index contributed by atoms with van der Waals surface area (Å²) in [6.07, 6.45) is 3.77. The first-order valence-electron chi connectivity index (χ1n) is 7.77. The Kier molecular flexibility index (Phi) is 2.77. The Morgan fingerprint density at radius 2 is 1.43 bits per heavy atom. The molecule has 0 radical (unpaired) electrons. The summed E-state index contributed by atoms with van der Waals surface area (Å²) in [5.74, 6) is -1.14. The Morgan fingerprint density at radius 3 is 1.78 bits per heavy atom. The molecule has 0 N–H and O–H groups in total. The molecule has 0 saturated carbocycles. The Labute approximate surface area is 133 Å². The van der Waals surface area contributed by atoms with Crippen molar-refractivity contribution < 1.29 is 28.6 Å². The van der Waals surface area contributed by atoms with E-state index in [-0.39, 0.29) is 5.91 Å². The second kappa shape index (κ2) is 4.35. The van der Waals surface area contributed by atoms with Gasteiger partial charge in [0.1, 0.15) is 10.8 Å². The normalized spacial score (nSPS) is 45.3. The van der Waals surface area contributed by atoms with E-state index < -0.39 is 47.1 Å². The molecule has 6 atom stereocenters. The maximum absolute atomic E-state index is 12.9. The molecule has 3 saturated heterocycles. The van der Waals surface area contributed by atoms with Gasteiger partial charge in [-0.3, -0.25) is 14.4 Å². The second-order valence-corrected chi connectivity index (χ2v) is 6.62. The molecular formula is C16H19NO6. The van der Waals surface area contributed by atoms with Crippen LogP contribution in [0, 0.1) is 10.8 Å². The van der Waals surface area contributed by atoms with Gasteiger partial charge in [0.2, 0.25) is 5.91 Å². The van der Waals surface area contributed by atoms with Gasteiger partial charge in [-0.25, -0.2) is 0 Å². The molecule has 7 nitrogen and oxygen atoms in total. The van der Waals surface area contributed by atoms with E-state index in [9.17, 15) is 14.4 Å². The lowest BCUT2D eigenvalue weighted by Crippen LogP contribution is -2.64. The standard InChI is InChI=1S/C16H19NO6/c1-8(18)17-9-4-5-10(17)16(14(20)22-3)12-7-6-11(23-12)15(9,16)13(19)21-2/h6-7,9-12H,4-5H2,1-3H3. The van der Waals surface area contributed by atoms with E-state index in [1.807, 2.05) is 12.2 Å². The molecule has 4 rings (SSSR count). The molecule has 1 amide bonds. The summed E-state index contributed by atoms with van der Waals surface area (Å²) in [7, 11) is 2.61. The van der Waals surface area contributed by atoms with Crippen molar-refractivity contribution in [2.24, 2.45) is 10.8 Å². The van der Waals surface area contributed by atoms with Crippen molar-refractivity contribution >= 4 is 17.8 Å². The highest BCUT2D eigenvalue weighted by Gasteiger charge is 2.87. The number of carbonyl (C=O) groups is 3. The predicted molar refractivity (Wildman–Crippen MR) is 76.0 cm³/mol. The Hall–Kier alpha value is -1.89. The Morgan fingerprint density at radius 1 is 1.00 bits per heavy atom. The summed E-state index contributed by atoms with van der Waals surface area (Å²) in [6.45, 7) is 1.47. The van der Waals surface area contributed by atoms with Crippen LogP contribution in [0.4, 0.5) is 0 Å². The van der Waals surface area contributed by atoms with Gasteiger partial charge < -0.3 is 19.1 Å². The van der Waals surface area contributed by atoms with Crippen LogP contribution in [0.5, 0.6) is 0 Å². The smallest absolute Gasteiger partial charge is 0.318 e. The number of hydrogen-bond donors (Lipinski definition) is 0. The minimum Gasteiger partial charge on any atom is -0.468 e. The van der Waals surface area contributed by atoms with Gasteiger partial charge in [-0.15, -0.1) is 0 Å². The molecule has 4 bridgehead atoms. The highest BCUT2D eigenvalue weighted by Crippen LogP contribution is 2.71. The largest absolute Gasteiger partial charge is 0.468 e. The first-order valence-corrected chi connectivity index (χ1v) is 7.77. The second-order valence-electron chi connectivity index (χ2n) is 6.62. The fourth-order valence-corrected chi connectivity index (χ4v) is 5.69. The molecular weight excluding hydrogens is 302 g/mol. The van der Waals surface area contributed by atoms with Crippen molar-refractivity contribution in [3.8, 4) is 0 Å². The fourth-order valence-electron chi connectivity index (χ4n) is 5.69. The summed E-state index contributed by atoms with van der Waals surface area (Å²) in [6, 6.07) is -0.812. The first-order chi connectivity index (χ1) is 11.0. The zero-order valence-electron chi connectivity index (χ0n) is 13.3. The SMILES string of the molecule is COC(=O)C12C3C=CC(O3)C1(C(=O)OC)C1CCC2N1C(C)=O. The summed E-state index contributed by atoms with van der Waals surface area (Å²) >= 11 is 0. The van der Waals surface area contributed by atoms with Crippen LogP contribution in [-0.4, -0.2) is 61.3 Å². The van der Waals surface area contributed by atoms with Gasteiger partial charge in [0.25, 0.3) is 0 Å². The van der Waals surface area contributed by atoms with E-state index in [4.69, 9.17) is 14.2 Å². The number of amides is 1. The third-order valence-corrected chi connectivity index (χ3v) is 6.18. The molecule has 0 aromatic heterocycles. The lowest BCUT2D eigenvalue weighted by atomic mass is 9.51. The van der Waals surface area contributed by atoms with Crippen LogP contribution >= 0.6 is 0 Å². The van der Waals surface area contributed by atoms with Gasteiger partial charge in [-0.2, -0.15) is 0 Å². The van der Waals surface area contributed by atoms with Gasteiger partial charge >= 0.3 is 11.9 Å². The molecule has 0 aliphatic carbocycles. The van der Waals surface area contributed by atoms with Crippen molar-refractivity contribution in [3.05, 3.63) is 12.2 Å². The summed E-state index contributed by atoms with van der Waals surface area (Å²) in [4.78, 5) is 39.7. The average molecular weight is 321 g/mol. The lowest BCUT2D eigenvalue weighted by Gasteiger charge is -2.45. The van der Waals surface area contributed by atoms with Crippen molar-refractivity contribution in [1.82, 2.24) is 4.90 Å². The summed E-state index contributed by atoms with van der Waals surface area (Å²) in [5, 5.41) is 0. The number of ether oxygens (including phenoxy) is 3. The van der Waals surface area contributed by atoms with Gasteiger partial charge in [0, 0.05) is 6.92 Å². The maximum atomic E-state index is 12.9. The van der Waals surface area contributed by atoms with E-state index in [0.29, 0.717) is 12.8 Å².